The number of hydrogen-bond acceptors (Lipinski definition) is 4. The van der Waals surface area contributed by atoms with E-state index in [1.165, 1.54) is 11.1 Å². The van der Waals surface area contributed by atoms with Crippen LogP contribution >= 0.6 is 0 Å². The first-order chi connectivity index (χ1) is 16.5. The second-order valence-corrected chi connectivity index (χ2v) is 8.66. The van der Waals surface area contributed by atoms with Gasteiger partial charge in [0.2, 0.25) is 5.91 Å². The van der Waals surface area contributed by atoms with Gasteiger partial charge in [-0.25, -0.2) is 4.79 Å². The minimum Gasteiger partial charge on any atom is -0.481 e. The highest BCUT2D eigenvalue weighted by molar-refractivity contribution is 5.85. The molecule has 1 atom stereocenters. The molecule has 1 unspecified atom stereocenters. The second kappa shape index (κ2) is 12.8. The van der Waals surface area contributed by atoms with Gasteiger partial charge in [0.25, 0.3) is 0 Å². The third kappa shape index (κ3) is 6.83. The van der Waals surface area contributed by atoms with Crippen molar-refractivity contribution in [2.75, 3.05) is 13.2 Å². The van der Waals surface area contributed by atoms with E-state index < -0.39 is 18.1 Å². The number of unbranched alkanes of at least 4 members (excludes halogenated alkanes) is 3. The van der Waals surface area contributed by atoms with Gasteiger partial charge in [0.15, 0.2) is 0 Å². The van der Waals surface area contributed by atoms with Gasteiger partial charge >= 0.3 is 12.1 Å². The summed E-state index contributed by atoms with van der Waals surface area (Å²) in [5.74, 6) is -1.03. The molecule has 7 nitrogen and oxygen atoms in total. The molecular formula is C27H34N2O5. The Morgan fingerprint density at radius 1 is 0.941 bits per heavy atom. The molecule has 3 rings (SSSR count). The van der Waals surface area contributed by atoms with Crippen LogP contribution in [-0.2, 0) is 14.3 Å². The molecule has 0 saturated heterocycles. The second-order valence-electron chi connectivity index (χ2n) is 8.66. The largest absolute Gasteiger partial charge is 0.481 e. The van der Waals surface area contributed by atoms with Gasteiger partial charge in [-0.05, 0) is 41.5 Å². The number of fused-ring (bicyclic) bond motifs is 3. The van der Waals surface area contributed by atoms with E-state index in [0.29, 0.717) is 19.4 Å². The summed E-state index contributed by atoms with van der Waals surface area (Å²) in [5, 5.41) is 14.3. The molecule has 0 heterocycles. The normalized spacial score (nSPS) is 13.0. The van der Waals surface area contributed by atoms with Crippen LogP contribution in [0, 0.1) is 0 Å². The fraction of sp³-hybridized carbons (Fsp3) is 0.444. The lowest BCUT2D eigenvalue weighted by Crippen LogP contribution is -2.47. The number of carbonyl (C=O) groups excluding carboxylic acids is 2. The van der Waals surface area contributed by atoms with Crippen LogP contribution in [0.1, 0.15) is 68.9 Å². The fourth-order valence-electron chi connectivity index (χ4n) is 4.43. The molecule has 182 valence electrons. The lowest BCUT2D eigenvalue weighted by Gasteiger charge is -2.19. The number of amides is 2. The molecule has 0 radical (unpaired) electrons. The highest BCUT2D eigenvalue weighted by Gasteiger charge is 2.29. The van der Waals surface area contributed by atoms with Crippen molar-refractivity contribution in [2.45, 2.75) is 63.8 Å². The Morgan fingerprint density at radius 2 is 1.56 bits per heavy atom. The highest BCUT2D eigenvalue weighted by atomic mass is 16.5. The van der Waals surface area contributed by atoms with Gasteiger partial charge in [0.05, 0.1) is 0 Å². The number of ether oxygens (including phenoxy) is 1. The van der Waals surface area contributed by atoms with Crippen molar-refractivity contribution in [3.05, 3.63) is 59.7 Å². The number of rotatable bonds is 13. The summed E-state index contributed by atoms with van der Waals surface area (Å²) in [6, 6.07) is 15.7. The molecule has 3 N–H and O–H groups in total. The van der Waals surface area contributed by atoms with E-state index in [4.69, 9.17) is 9.84 Å². The maximum absolute atomic E-state index is 12.6. The maximum atomic E-state index is 12.6. The van der Waals surface area contributed by atoms with E-state index in [0.717, 1.165) is 36.8 Å². The predicted octanol–water partition coefficient (Wildman–Crippen LogP) is 4.85. The van der Waals surface area contributed by atoms with Crippen molar-refractivity contribution in [3.63, 3.8) is 0 Å². The summed E-state index contributed by atoms with van der Waals surface area (Å²) in [5.41, 5.74) is 4.61. The van der Waals surface area contributed by atoms with Crippen LogP contribution in [0.4, 0.5) is 4.79 Å². The average molecular weight is 467 g/mol. The van der Waals surface area contributed by atoms with Crippen molar-refractivity contribution in [3.8, 4) is 11.1 Å². The van der Waals surface area contributed by atoms with Crippen LogP contribution in [0.25, 0.3) is 11.1 Å². The van der Waals surface area contributed by atoms with Gasteiger partial charge in [-0.15, -0.1) is 0 Å². The van der Waals surface area contributed by atoms with Gasteiger partial charge in [-0.2, -0.15) is 0 Å². The first kappa shape index (κ1) is 25.3. The molecule has 0 aliphatic heterocycles. The van der Waals surface area contributed by atoms with Crippen LogP contribution in [0.3, 0.4) is 0 Å². The summed E-state index contributed by atoms with van der Waals surface area (Å²) >= 11 is 0. The van der Waals surface area contributed by atoms with Crippen LogP contribution < -0.4 is 10.6 Å². The lowest BCUT2D eigenvalue weighted by molar-refractivity contribution is -0.137. The monoisotopic (exact) mass is 466 g/mol. The van der Waals surface area contributed by atoms with Gasteiger partial charge in [0.1, 0.15) is 12.6 Å². The fourth-order valence-corrected chi connectivity index (χ4v) is 4.43. The van der Waals surface area contributed by atoms with Gasteiger partial charge < -0.3 is 20.5 Å². The standard InChI is InChI=1S/C27H34N2O5/c1-2-11-24(26(32)28-17-10-4-3-5-16-25(30)31)29-27(33)34-18-23-21-14-8-6-12-19(21)20-13-7-9-15-22(20)23/h6-9,12-15,23-24H,2-5,10-11,16-18H2,1H3,(H,28,32)(H,29,33)(H,30,31). The Hall–Kier alpha value is -3.35. The third-order valence-corrected chi connectivity index (χ3v) is 6.15. The topological polar surface area (TPSA) is 105 Å². The van der Waals surface area contributed by atoms with E-state index in [1.807, 2.05) is 31.2 Å². The van der Waals surface area contributed by atoms with Crippen LogP contribution in [-0.4, -0.2) is 42.3 Å². The summed E-state index contributed by atoms with van der Waals surface area (Å²) < 4.78 is 5.58. The zero-order valence-corrected chi connectivity index (χ0v) is 19.7. The molecule has 2 aromatic rings. The smallest absolute Gasteiger partial charge is 0.407 e. The Morgan fingerprint density at radius 3 is 2.18 bits per heavy atom. The quantitative estimate of drug-likeness (QED) is 0.366. The van der Waals surface area contributed by atoms with Crippen molar-refractivity contribution in [1.29, 1.82) is 0 Å². The molecule has 34 heavy (non-hydrogen) atoms. The Labute approximate surface area is 200 Å². The molecular weight excluding hydrogens is 432 g/mol. The highest BCUT2D eigenvalue weighted by Crippen LogP contribution is 2.44. The number of carbonyl (C=O) groups is 3. The van der Waals surface area contributed by atoms with E-state index in [9.17, 15) is 14.4 Å². The maximum Gasteiger partial charge on any atom is 0.407 e. The van der Waals surface area contributed by atoms with E-state index >= 15 is 0 Å². The Balaban J connectivity index is 1.47. The zero-order valence-electron chi connectivity index (χ0n) is 19.7. The third-order valence-electron chi connectivity index (χ3n) is 6.15. The SMILES string of the molecule is CCCC(NC(=O)OCC1c2ccccc2-c2ccccc21)C(=O)NCCCCCCC(=O)O. The minimum atomic E-state index is -0.782. The van der Waals surface area contributed by atoms with E-state index in [-0.39, 0.29) is 24.9 Å². The lowest BCUT2D eigenvalue weighted by atomic mass is 9.98. The van der Waals surface area contributed by atoms with Crippen molar-refractivity contribution in [2.24, 2.45) is 0 Å². The number of aliphatic carboxylic acids is 1. The zero-order chi connectivity index (χ0) is 24.3. The number of hydrogen-bond donors (Lipinski definition) is 3. The molecule has 2 aromatic carbocycles. The van der Waals surface area contributed by atoms with Gasteiger partial charge in [-0.1, -0.05) is 74.7 Å². The Bertz CT molecular complexity index is 945. The van der Waals surface area contributed by atoms with Crippen LogP contribution in [0.5, 0.6) is 0 Å². The van der Waals surface area contributed by atoms with E-state index in [1.54, 1.807) is 0 Å². The summed E-state index contributed by atoms with van der Waals surface area (Å²) in [7, 11) is 0. The minimum absolute atomic E-state index is 0.0299. The first-order valence-corrected chi connectivity index (χ1v) is 12.1. The molecule has 2 amide bonds. The van der Waals surface area contributed by atoms with Crippen LogP contribution in [0.2, 0.25) is 0 Å². The molecule has 0 aromatic heterocycles. The number of carboxylic acids is 1. The van der Waals surface area contributed by atoms with Gasteiger partial charge in [0, 0.05) is 18.9 Å². The molecule has 0 spiro atoms. The molecule has 0 saturated carbocycles. The van der Waals surface area contributed by atoms with Crippen molar-refractivity contribution < 1.29 is 24.2 Å². The summed E-state index contributed by atoms with van der Waals surface area (Å²) in [6.45, 7) is 2.66. The number of nitrogens with one attached hydrogen (secondary N) is 2. The van der Waals surface area contributed by atoms with E-state index in [2.05, 4.69) is 34.9 Å². The van der Waals surface area contributed by atoms with Crippen LogP contribution in [0.15, 0.2) is 48.5 Å². The van der Waals surface area contributed by atoms with Crippen molar-refractivity contribution >= 4 is 18.0 Å². The average Bonchev–Trinajstić information content (AvgIpc) is 3.15. The number of alkyl carbamates (subject to hydrolysis) is 1. The number of benzene rings is 2. The van der Waals surface area contributed by atoms with Gasteiger partial charge in [-0.3, -0.25) is 9.59 Å². The van der Waals surface area contributed by atoms with Crippen molar-refractivity contribution in [1.82, 2.24) is 10.6 Å². The summed E-state index contributed by atoms with van der Waals surface area (Å²) in [4.78, 5) is 35.7. The molecule has 0 bridgehead atoms. The molecule has 0 fully saturated rings. The molecule has 7 heteroatoms. The first-order valence-electron chi connectivity index (χ1n) is 12.1. The molecule has 1 aliphatic rings. The number of carboxylic acid groups (broad SMARTS) is 1. The predicted molar refractivity (Wildman–Crippen MR) is 131 cm³/mol. The Kier molecular flexibility index (Phi) is 9.50. The summed E-state index contributed by atoms with van der Waals surface area (Å²) in [6.07, 6.45) is 3.94. The molecule has 1 aliphatic carbocycles.